The third-order valence-electron chi connectivity index (χ3n) is 4.51. The lowest BCUT2D eigenvalue weighted by Gasteiger charge is -2.23. The van der Waals surface area contributed by atoms with E-state index in [0.29, 0.717) is 34.3 Å². The van der Waals surface area contributed by atoms with E-state index in [2.05, 4.69) is 10.3 Å². The van der Waals surface area contributed by atoms with E-state index in [1.807, 2.05) is 30.3 Å². The monoisotopic (exact) mass is 438 g/mol. The number of nitrogens with zero attached hydrogens (tertiary/aromatic N) is 1. The van der Waals surface area contributed by atoms with Crippen LogP contribution in [0.5, 0.6) is 5.75 Å². The van der Waals surface area contributed by atoms with Gasteiger partial charge in [0.2, 0.25) is 0 Å². The van der Waals surface area contributed by atoms with E-state index in [1.54, 1.807) is 50.4 Å². The molecule has 1 unspecified atom stereocenters. The molecule has 0 saturated carbocycles. The fraction of sp³-hybridized carbons (Fsp3) is 0.208. The minimum absolute atomic E-state index is 0.245. The van der Waals surface area contributed by atoms with Crippen molar-refractivity contribution in [1.82, 2.24) is 4.98 Å². The number of ether oxygens (including phenoxy) is 2. The van der Waals surface area contributed by atoms with Gasteiger partial charge in [-0.1, -0.05) is 36.7 Å². The van der Waals surface area contributed by atoms with Gasteiger partial charge in [0.05, 0.1) is 18.2 Å². The zero-order valence-corrected chi connectivity index (χ0v) is 18.1. The molecule has 0 aliphatic heterocycles. The summed E-state index contributed by atoms with van der Waals surface area (Å²) in [6.45, 7) is 3.80. The lowest BCUT2D eigenvalue weighted by atomic mass is 9.96. The second-order valence-corrected chi connectivity index (χ2v) is 7.08. The molecule has 3 aromatic rings. The number of nitrogens with one attached hydrogen (secondary N) is 1. The smallest absolute Gasteiger partial charge is 0.338 e. The highest BCUT2D eigenvalue weighted by atomic mass is 35.5. The van der Waals surface area contributed by atoms with Crippen molar-refractivity contribution in [3.8, 4) is 5.75 Å². The number of hydrogen-bond acceptors (Lipinski definition) is 6. The summed E-state index contributed by atoms with van der Waals surface area (Å²) < 4.78 is 10.6. The molecule has 7 heteroatoms. The Morgan fingerprint density at radius 3 is 2.48 bits per heavy atom. The average Bonchev–Trinajstić information content (AvgIpc) is 2.79. The van der Waals surface area contributed by atoms with Gasteiger partial charge in [-0.25, -0.2) is 9.78 Å². The molecule has 2 aromatic carbocycles. The van der Waals surface area contributed by atoms with Gasteiger partial charge in [0.15, 0.2) is 0 Å². The van der Waals surface area contributed by atoms with E-state index in [4.69, 9.17) is 21.1 Å². The summed E-state index contributed by atoms with van der Waals surface area (Å²) in [5, 5.41) is 3.87. The zero-order valence-electron chi connectivity index (χ0n) is 17.3. The first-order valence-electron chi connectivity index (χ1n) is 9.96. The number of carbonyl (C=O) groups is 2. The maximum atomic E-state index is 12.0. The Hall–Kier alpha value is -3.38. The maximum absolute atomic E-state index is 12.0. The van der Waals surface area contributed by atoms with Crippen molar-refractivity contribution >= 4 is 29.4 Å². The van der Waals surface area contributed by atoms with E-state index in [1.165, 1.54) is 0 Å². The topological polar surface area (TPSA) is 77.5 Å². The van der Waals surface area contributed by atoms with Crippen LogP contribution >= 0.6 is 11.6 Å². The third kappa shape index (κ3) is 5.83. The molecule has 0 bridgehead atoms. The molecule has 1 aromatic heterocycles. The van der Waals surface area contributed by atoms with Crippen molar-refractivity contribution in [3.05, 3.63) is 88.6 Å². The second kappa shape index (κ2) is 10.6. The number of anilines is 1. The van der Waals surface area contributed by atoms with Crippen LogP contribution in [0.3, 0.4) is 0 Å². The lowest BCUT2D eigenvalue weighted by molar-refractivity contribution is -0.134. The summed E-state index contributed by atoms with van der Waals surface area (Å²) in [5.74, 6) is 0.301. The number of hydrogen-bond donors (Lipinski definition) is 1. The Labute approximate surface area is 186 Å². The van der Waals surface area contributed by atoms with Gasteiger partial charge >= 0.3 is 11.9 Å². The van der Waals surface area contributed by atoms with E-state index >= 15 is 0 Å². The number of aromatic nitrogens is 1. The van der Waals surface area contributed by atoms with Crippen LogP contribution in [-0.4, -0.2) is 23.5 Å². The molecule has 1 heterocycles. The van der Waals surface area contributed by atoms with E-state index in [9.17, 15) is 9.59 Å². The third-order valence-corrected chi connectivity index (χ3v) is 4.74. The molecule has 0 aliphatic rings. The van der Waals surface area contributed by atoms with Gasteiger partial charge in [-0.15, -0.1) is 0 Å². The highest BCUT2D eigenvalue weighted by Gasteiger charge is 2.21. The summed E-state index contributed by atoms with van der Waals surface area (Å²) in [4.78, 5) is 28.3. The normalized spacial score (nSPS) is 11.5. The molecule has 160 valence electrons. The summed E-state index contributed by atoms with van der Waals surface area (Å²) in [5.41, 5.74) is 1.95. The molecule has 0 amide bonds. The fourth-order valence-electron chi connectivity index (χ4n) is 3.00. The molecular formula is C24H23ClN2O4. The summed E-state index contributed by atoms with van der Waals surface area (Å²) in [6.07, 6.45) is 1.92. The largest absolute Gasteiger partial charge is 0.462 e. The number of rotatable bonds is 8. The molecule has 1 N–H and O–H groups in total. The molecule has 0 aliphatic carbocycles. The Morgan fingerprint density at radius 2 is 1.84 bits per heavy atom. The van der Waals surface area contributed by atoms with E-state index in [0.717, 1.165) is 5.56 Å². The molecule has 0 saturated heterocycles. The maximum Gasteiger partial charge on any atom is 0.338 e. The predicted octanol–water partition coefficient (Wildman–Crippen LogP) is 5.43. The van der Waals surface area contributed by atoms with Crippen LogP contribution < -0.4 is 10.1 Å². The van der Waals surface area contributed by atoms with Crippen molar-refractivity contribution < 1.29 is 19.1 Å². The molecule has 31 heavy (non-hydrogen) atoms. The van der Waals surface area contributed by atoms with Crippen LogP contribution in [0.4, 0.5) is 5.82 Å². The van der Waals surface area contributed by atoms with Gasteiger partial charge in [0, 0.05) is 23.2 Å². The zero-order chi connectivity index (χ0) is 22.2. The lowest BCUT2D eigenvalue weighted by Crippen LogP contribution is -2.16. The minimum atomic E-state index is -0.440. The summed E-state index contributed by atoms with van der Waals surface area (Å²) in [7, 11) is 0. The SMILES string of the molecule is CCOC(=O)c1ccc(C(Nc2ccccn2)c2cc(Cl)ccc2OC(=O)CC)cc1. The van der Waals surface area contributed by atoms with Crippen molar-refractivity contribution in [2.75, 3.05) is 11.9 Å². The summed E-state index contributed by atoms with van der Waals surface area (Å²) in [6, 6.07) is 17.2. The molecular weight excluding hydrogens is 416 g/mol. The highest BCUT2D eigenvalue weighted by Crippen LogP contribution is 2.35. The van der Waals surface area contributed by atoms with Crippen LogP contribution in [-0.2, 0) is 9.53 Å². The average molecular weight is 439 g/mol. The van der Waals surface area contributed by atoms with Gasteiger partial charge in [-0.2, -0.15) is 0 Å². The molecule has 1 atom stereocenters. The standard InChI is InChI=1S/C24H23ClN2O4/c1-3-22(28)31-20-13-12-18(25)15-19(20)23(27-21-7-5-6-14-26-21)16-8-10-17(11-9-16)24(29)30-4-2/h5-15,23H,3-4H2,1-2H3,(H,26,27). The fourth-order valence-corrected chi connectivity index (χ4v) is 3.18. The number of benzene rings is 2. The van der Waals surface area contributed by atoms with Crippen LogP contribution in [0.25, 0.3) is 0 Å². The molecule has 0 fully saturated rings. The van der Waals surface area contributed by atoms with Crippen LogP contribution in [0.15, 0.2) is 66.9 Å². The Kier molecular flexibility index (Phi) is 7.62. The highest BCUT2D eigenvalue weighted by molar-refractivity contribution is 6.30. The minimum Gasteiger partial charge on any atom is -0.462 e. The Morgan fingerprint density at radius 1 is 1.06 bits per heavy atom. The Bertz CT molecular complexity index is 1040. The second-order valence-electron chi connectivity index (χ2n) is 6.64. The molecule has 6 nitrogen and oxygen atoms in total. The van der Waals surface area contributed by atoms with Crippen LogP contribution in [0, 0.1) is 0 Å². The number of carbonyl (C=O) groups excluding carboxylic acids is 2. The number of esters is 2. The quantitative estimate of drug-likeness (QED) is 0.373. The van der Waals surface area contributed by atoms with Crippen molar-refractivity contribution in [2.45, 2.75) is 26.3 Å². The molecule has 0 radical (unpaired) electrons. The Balaban J connectivity index is 2.04. The van der Waals surface area contributed by atoms with Gasteiger partial charge < -0.3 is 14.8 Å². The first-order chi connectivity index (χ1) is 15.0. The van der Waals surface area contributed by atoms with Crippen LogP contribution in [0.2, 0.25) is 5.02 Å². The van der Waals surface area contributed by atoms with Gasteiger partial charge in [0.1, 0.15) is 11.6 Å². The van der Waals surface area contributed by atoms with Gasteiger partial charge in [-0.05, 0) is 55.0 Å². The predicted molar refractivity (Wildman–Crippen MR) is 119 cm³/mol. The number of halogens is 1. The van der Waals surface area contributed by atoms with Crippen molar-refractivity contribution in [1.29, 1.82) is 0 Å². The van der Waals surface area contributed by atoms with Crippen molar-refractivity contribution in [2.24, 2.45) is 0 Å². The first-order valence-corrected chi connectivity index (χ1v) is 10.3. The first kappa shape index (κ1) is 22.3. The van der Waals surface area contributed by atoms with Gasteiger partial charge in [-0.3, -0.25) is 4.79 Å². The van der Waals surface area contributed by atoms with Gasteiger partial charge in [0.25, 0.3) is 0 Å². The summed E-state index contributed by atoms with van der Waals surface area (Å²) >= 11 is 6.28. The van der Waals surface area contributed by atoms with Crippen molar-refractivity contribution in [3.63, 3.8) is 0 Å². The van der Waals surface area contributed by atoms with Crippen LogP contribution in [0.1, 0.15) is 47.8 Å². The van der Waals surface area contributed by atoms with E-state index in [-0.39, 0.29) is 18.4 Å². The molecule has 3 rings (SSSR count). The molecule has 0 spiro atoms. The number of pyridine rings is 1. The van der Waals surface area contributed by atoms with E-state index < -0.39 is 6.04 Å².